The van der Waals surface area contributed by atoms with E-state index in [0.717, 1.165) is 0 Å². The number of hydrogen-bond donors (Lipinski definition) is 1. The van der Waals surface area contributed by atoms with Gasteiger partial charge in [0.15, 0.2) is 11.2 Å². The van der Waals surface area contributed by atoms with Crippen LogP contribution in [-0.2, 0) is 25.1 Å². The van der Waals surface area contributed by atoms with Crippen LogP contribution in [0.1, 0.15) is 0 Å². The van der Waals surface area contributed by atoms with Crippen molar-refractivity contribution in [3.63, 3.8) is 0 Å². The summed E-state index contributed by atoms with van der Waals surface area (Å²) in [6.07, 6.45) is 0.829. The van der Waals surface area contributed by atoms with E-state index < -0.39 is 39.2 Å². The Morgan fingerprint density at radius 3 is 2.19 bits per heavy atom. The Morgan fingerprint density at radius 2 is 1.61 bits per heavy atom. The predicted octanol–water partition coefficient (Wildman–Crippen LogP) is -15.4. The molecule has 0 aliphatic carbocycles. The van der Waals surface area contributed by atoms with Crippen molar-refractivity contribution < 1.29 is 156 Å². The van der Waals surface area contributed by atoms with E-state index >= 15 is 0 Å². The second kappa shape index (κ2) is 17.9. The van der Waals surface area contributed by atoms with Gasteiger partial charge in [0.05, 0.1) is 38.8 Å². The summed E-state index contributed by atoms with van der Waals surface area (Å²) in [5.41, 5.74) is -0.0749. The van der Waals surface area contributed by atoms with E-state index in [4.69, 9.17) is 9.47 Å². The Balaban J connectivity index is -0.00000196. The van der Waals surface area contributed by atoms with E-state index in [2.05, 4.69) is 15.0 Å². The molecule has 0 saturated carbocycles. The fourth-order valence-corrected chi connectivity index (χ4v) is 2.90. The zero-order valence-corrected chi connectivity index (χ0v) is 27.7. The van der Waals surface area contributed by atoms with Gasteiger partial charge in [0.25, 0.3) is 5.56 Å². The van der Waals surface area contributed by atoms with Crippen LogP contribution < -0.4 is 143 Å². The molecule has 0 aromatic carbocycles. The standard InChI is InChI=1S/C12H20N4O9P2.4Na/c17-12-10-11(13-6-14-12)16(7-15-10)3-9(5-25-8-27(21,22)23)4-24-1-2-26(18,19)20;;;;/h6-7,9H,1-5,8H2,(H,13,14,17)(H2,18,19,20)(H2,21,22,23);;;;/q;4*+1/p-4. The SMILES string of the molecule is O=c1[nH]cnc2c1ncn2CC(COCCP(=O)([O-])[O-])COCP(=O)([O-])[O-].[Na+].[Na+].[Na+].[Na+]. The van der Waals surface area contributed by atoms with E-state index in [1.54, 1.807) is 0 Å². The summed E-state index contributed by atoms with van der Waals surface area (Å²) in [7, 11) is -9.55. The Labute approximate surface area is 266 Å². The molecule has 13 nitrogen and oxygen atoms in total. The van der Waals surface area contributed by atoms with Crippen LogP contribution in [0.3, 0.4) is 0 Å². The molecule has 0 bridgehead atoms. The third-order valence-electron chi connectivity index (χ3n) is 3.33. The van der Waals surface area contributed by atoms with Crippen LogP contribution in [-0.4, -0.2) is 51.8 Å². The molecule has 0 fully saturated rings. The maximum atomic E-state index is 11.7. The van der Waals surface area contributed by atoms with Gasteiger partial charge in [0.2, 0.25) is 0 Å². The molecule has 2 aromatic rings. The van der Waals surface area contributed by atoms with Crippen LogP contribution in [0, 0.1) is 5.92 Å². The molecule has 0 radical (unpaired) electrons. The van der Waals surface area contributed by atoms with E-state index in [1.165, 1.54) is 17.2 Å². The molecule has 0 amide bonds. The number of H-pyrrole nitrogens is 1. The van der Waals surface area contributed by atoms with Crippen molar-refractivity contribution in [2.75, 3.05) is 32.3 Å². The summed E-state index contributed by atoms with van der Waals surface area (Å²) in [4.78, 5) is 64.5. The number of nitrogens with zero attached hydrogens (tertiary/aromatic N) is 3. The van der Waals surface area contributed by atoms with Crippen molar-refractivity contribution >= 4 is 26.4 Å². The molecule has 152 valence electrons. The van der Waals surface area contributed by atoms with Gasteiger partial charge in [-0.25, -0.2) is 9.97 Å². The molecule has 2 rings (SSSR count). The van der Waals surface area contributed by atoms with Gasteiger partial charge in [-0.1, -0.05) is 7.60 Å². The number of fused-ring (bicyclic) bond motifs is 1. The monoisotopic (exact) mass is 514 g/mol. The molecule has 19 heteroatoms. The first-order valence-corrected chi connectivity index (χ1v) is 11.1. The number of imidazole rings is 1. The molecular formula is C12H16N4Na4O9P2. The van der Waals surface area contributed by atoms with Crippen molar-refractivity contribution in [1.29, 1.82) is 0 Å². The van der Waals surface area contributed by atoms with Crippen molar-refractivity contribution in [2.45, 2.75) is 6.54 Å². The van der Waals surface area contributed by atoms with Crippen molar-refractivity contribution in [2.24, 2.45) is 5.92 Å². The van der Waals surface area contributed by atoms with Gasteiger partial charge in [-0.3, -0.25) is 4.79 Å². The van der Waals surface area contributed by atoms with Crippen molar-refractivity contribution in [1.82, 2.24) is 19.5 Å². The summed E-state index contributed by atoms with van der Waals surface area (Å²) < 4.78 is 32.8. The summed E-state index contributed by atoms with van der Waals surface area (Å²) in [6, 6.07) is 0. The van der Waals surface area contributed by atoms with Gasteiger partial charge in [0.1, 0.15) is 0 Å². The van der Waals surface area contributed by atoms with Gasteiger partial charge < -0.3 is 47.7 Å². The fraction of sp³-hybridized carbons (Fsp3) is 0.583. The number of hydrogen-bond acceptors (Lipinski definition) is 11. The maximum absolute atomic E-state index is 11.7. The largest absolute Gasteiger partial charge is 1.00 e. The van der Waals surface area contributed by atoms with Crippen LogP contribution in [0.5, 0.6) is 0 Å². The molecule has 2 heterocycles. The minimum atomic E-state index is -4.85. The second-order valence-electron chi connectivity index (χ2n) is 5.69. The molecule has 0 aliphatic rings. The van der Waals surface area contributed by atoms with E-state index in [0.29, 0.717) is 0 Å². The summed E-state index contributed by atoms with van der Waals surface area (Å²) in [6.45, 7) is -0.513. The minimum Gasteiger partial charge on any atom is -0.811 e. The molecular weight excluding hydrogens is 498 g/mol. The van der Waals surface area contributed by atoms with E-state index in [9.17, 15) is 33.5 Å². The normalized spacial score (nSPS) is 12.1. The van der Waals surface area contributed by atoms with Crippen LogP contribution in [0.4, 0.5) is 0 Å². The fourth-order valence-electron chi connectivity index (χ4n) is 2.21. The molecule has 31 heavy (non-hydrogen) atoms. The summed E-state index contributed by atoms with van der Waals surface area (Å²) >= 11 is 0. The molecule has 0 saturated heterocycles. The number of ether oxygens (including phenoxy) is 2. The van der Waals surface area contributed by atoms with Gasteiger partial charge in [-0.2, -0.15) is 0 Å². The average molecular weight is 514 g/mol. The topological polar surface area (TPSA) is 208 Å². The first kappa shape index (κ1) is 38.1. The van der Waals surface area contributed by atoms with Gasteiger partial charge >= 0.3 is 118 Å². The molecule has 1 N–H and O–H groups in total. The molecule has 1 atom stereocenters. The van der Waals surface area contributed by atoms with Gasteiger partial charge in [-0.05, 0) is 13.8 Å². The molecule has 0 aliphatic heterocycles. The van der Waals surface area contributed by atoms with Crippen LogP contribution >= 0.6 is 15.2 Å². The van der Waals surface area contributed by atoms with Crippen molar-refractivity contribution in [3.05, 3.63) is 23.0 Å². The first-order valence-electron chi connectivity index (χ1n) is 7.61. The van der Waals surface area contributed by atoms with E-state index in [-0.39, 0.29) is 156 Å². The quantitative estimate of drug-likeness (QED) is 0.169. The minimum absolute atomic E-state index is 0. The Hall–Kier alpha value is 2.57. The number of aromatic amines is 1. The van der Waals surface area contributed by atoms with Crippen LogP contribution in [0.15, 0.2) is 17.4 Å². The van der Waals surface area contributed by atoms with Crippen LogP contribution in [0.25, 0.3) is 11.2 Å². The van der Waals surface area contributed by atoms with E-state index in [1.807, 2.05) is 0 Å². The molecule has 0 spiro atoms. The second-order valence-corrected chi connectivity index (χ2v) is 8.84. The predicted molar refractivity (Wildman–Crippen MR) is 83.4 cm³/mol. The van der Waals surface area contributed by atoms with Gasteiger partial charge in [-0.15, -0.1) is 0 Å². The Kier molecular flexibility index (Phi) is 22.0. The Morgan fingerprint density at radius 1 is 1.00 bits per heavy atom. The third-order valence-corrected chi connectivity index (χ3v) is 4.56. The number of aromatic nitrogens is 4. The van der Waals surface area contributed by atoms with Crippen LogP contribution in [0.2, 0.25) is 0 Å². The zero-order valence-electron chi connectivity index (χ0n) is 17.9. The summed E-state index contributed by atoms with van der Waals surface area (Å²) in [5.74, 6) is -0.535. The number of rotatable bonds is 11. The van der Waals surface area contributed by atoms with Crippen molar-refractivity contribution in [3.8, 4) is 0 Å². The summed E-state index contributed by atoms with van der Waals surface area (Å²) in [5, 5.41) is 0. The maximum Gasteiger partial charge on any atom is 1.00 e. The first-order chi connectivity index (χ1) is 12.6. The molecule has 2 aromatic heterocycles. The average Bonchev–Trinajstić information content (AvgIpc) is 2.93. The Bertz CT molecular complexity index is 919. The zero-order chi connectivity index (χ0) is 20.1. The molecule has 1 unspecified atom stereocenters. The smallest absolute Gasteiger partial charge is 0.811 e. The number of nitrogens with one attached hydrogen (secondary N) is 1. The third kappa shape index (κ3) is 15.3. The van der Waals surface area contributed by atoms with Gasteiger partial charge in [0, 0.05) is 12.5 Å².